The standard InChI is InChI=1S/C12H10N4O4S2/c13-11-7(15(17)18)3-1-5-9(11)21-22-10-6-2-4-8(12(10)14)16(19)20/h1-6H,13-14H2. The molecule has 8 nitrogen and oxygen atoms in total. The topological polar surface area (TPSA) is 138 Å². The Morgan fingerprint density at radius 3 is 1.45 bits per heavy atom. The Morgan fingerprint density at radius 2 is 1.14 bits per heavy atom. The number of nitro benzene ring substituents is 2. The second-order valence-electron chi connectivity index (χ2n) is 4.06. The molecule has 0 aliphatic rings. The number of hydrogen-bond donors (Lipinski definition) is 2. The normalized spacial score (nSPS) is 10.4. The second-order valence-corrected chi connectivity index (χ2v) is 6.27. The molecule has 0 aliphatic carbocycles. The minimum Gasteiger partial charge on any atom is -0.392 e. The van der Waals surface area contributed by atoms with Crippen LogP contribution >= 0.6 is 21.6 Å². The largest absolute Gasteiger partial charge is 0.392 e. The summed E-state index contributed by atoms with van der Waals surface area (Å²) < 4.78 is 0. The molecule has 4 N–H and O–H groups in total. The van der Waals surface area contributed by atoms with Crippen LogP contribution in [0, 0.1) is 20.2 Å². The number of nitrogen functional groups attached to an aromatic ring is 2. The number of rotatable bonds is 5. The van der Waals surface area contributed by atoms with Crippen LogP contribution in [0.15, 0.2) is 46.2 Å². The lowest BCUT2D eigenvalue weighted by atomic mass is 10.3. The molecular weight excluding hydrogens is 328 g/mol. The quantitative estimate of drug-likeness (QED) is 0.365. The zero-order chi connectivity index (χ0) is 16.3. The van der Waals surface area contributed by atoms with E-state index in [4.69, 9.17) is 11.5 Å². The van der Waals surface area contributed by atoms with E-state index >= 15 is 0 Å². The van der Waals surface area contributed by atoms with Crippen molar-refractivity contribution in [3.63, 3.8) is 0 Å². The molecule has 0 saturated heterocycles. The molecule has 0 unspecified atom stereocenters. The zero-order valence-corrected chi connectivity index (χ0v) is 12.6. The molecule has 0 saturated carbocycles. The molecule has 0 spiro atoms. The lowest BCUT2D eigenvalue weighted by Crippen LogP contribution is -1.97. The minimum atomic E-state index is -0.564. The summed E-state index contributed by atoms with van der Waals surface area (Å²) in [6.07, 6.45) is 0. The van der Waals surface area contributed by atoms with Crippen molar-refractivity contribution in [1.29, 1.82) is 0 Å². The highest BCUT2D eigenvalue weighted by atomic mass is 33.1. The van der Waals surface area contributed by atoms with E-state index in [2.05, 4.69) is 0 Å². The molecular formula is C12H10N4O4S2. The molecule has 2 aromatic carbocycles. The molecule has 0 aliphatic heterocycles. The van der Waals surface area contributed by atoms with E-state index in [-0.39, 0.29) is 22.7 Å². The van der Waals surface area contributed by atoms with Gasteiger partial charge in [0.2, 0.25) is 0 Å². The Kier molecular flexibility index (Phi) is 4.73. The van der Waals surface area contributed by atoms with Gasteiger partial charge >= 0.3 is 0 Å². The molecule has 0 radical (unpaired) electrons. The summed E-state index contributed by atoms with van der Waals surface area (Å²) >= 11 is 0. The Balaban J connectivity index is 2.25. The van der Waals surface area contributed by atoms with Gasteiger partial charge < -0.3 is 11.5 Å². The summed E-state index contributed by atoms with van der Waals surface area (Å²) in [6, 6.07) is 8.93. The Morgan fingerprint density at radius 1 is 0.773 bits per heavy atom. The van der Waals surface area contributed by atoms with Crippen LogP contribution in [0.25, 0.3) is 0 Å². The third-order valence-electron chi connectivity index (χ3n) is 2.70. The molecule has 2 rings (SSSR count). The monoisotopic (exact) mass is 338 g/mol. The molecule has 10 heteroatoms. The van der Waals surface area contributed by atoms with Gasteiger partial charge in [0.05, 0.1) is 9.85 Å². The maximum Gasteiger partial charge on any atom is 0.293 e. The molecule has 2 aromatic rings. The van der Waals surface area contributed by atoms with Crippen molar-refractivity contribution in [1.82, 2.24) is 0 Å². The zero-order valence-electron chi connectivity index (χ0n) is 11.0. The van der Waals surface area contributed by atoms with Crippen LogP contribution in [0.5, 0.6) is 0 Å². The van der Waals surface area contributed by atoms with Crippen LogP contribution in [-0.4, -0.2) is 9.85 Å². The van der Waals surface area contributed by atoms with Crippen LogP contribution < -0.4 is 11.5 Å². The summed E-state index contributed by atoms with van der Waals surface area (Å²) in [4.78, 5) is 21.5. The summed E-state index contributed by atoms with van der Waals surface area (Å²) in [7, 11) is 2.30. The predicted octanol–water partition coefficient (Wildman–Crippen LogP) is 3.47. The van der Waals surface area contributed by atoms with Crippen molar-refractivity contribution in [3.05, 3.63) is 56.6 Å². The molecule has 114 valence electrons. The highest BCUT2D eigenvalue weighted by molar-refractivity contribution is 8.76. The van der Waals surface area contributed by atoms with E-state index in [1.165, 1.54) is 24.3 Å². The first-order valence-electron chi connectivity index (χ1n) is 5.82. The Labute approximate surface area is 132 Å². The SMILES string of the molecule is Nc1c(SSc2cccc([N+](=O)[O-])c2N)cccc1[N+](=O)[O-]. The van der Waals surface area contributed by atoms with E-state index in [0.717, 1.165) is 21.6 Å². The number of nitrogens with two attached hydrogens (primary N) is 2. The lowest BCUT2D eigenvalue weighted by molar-refractivity contribution is -0.384. The first-order valence-corrected chi connectivity index (χ1v) is 7.97. The fourth-order valence-corrected chi connectivity index (χ4v) is 3.87. The predicted molar refractivity (Wildman–Crippen MR) is 86.7 cm³/mol. The average Bonchev–Trinajstić information content (AvgIpc) is 2.46. The van der Waals surface area contributed by atoms with Crippen molar-refractivity contribution >= 4 is 44.3 Å². The van der Waals surface area contributed by atoms with Gasteiger partial charge in [-0.2, -0.15) is 0 Å². The van der Waals surface area contributed by atoms with Crippen LogP contribution in [0.3, 0.4) is 0 Å². The molecule has 0 atom stereocenters. The molecule has 22 heavy (non-hydrogen) atoms. The van der Waals surface area contributed by atoms with Crippen molar-refractivity contribution in [2.45, 2.75) is 9.79 Å². The summed E-state index contributed by atoms with van der Waals surface area (Å²) in [5.41, 5.74) is 11.2. The smallest absolute Gasteiger partial charge is 0.293 e. The van der Waals surface area contributed by atoms with Gasteiger partial charge in [-0.25, -0.2) is 0 Å². The number of para-hydroxylation sites is 2. The van der Waals surface area contributed by atoms with E-state index in [1.807, 2.05) is 0 Å². The molecule has 0 heterocycles. The van der Waals surface area contributed by atoms with E-state index in [9.17, 15) is 20.2 Å². The van der Waals surface area contributed by atoms with Gasteiger partial charge in [0.1, 0.15) is 11.4 Å². The second kappa shape index (κ2) is 6.54. The van der Waals surface area contributed by atoms with Crippen molar-refractivity contribution in [3.8, 4) is 0 Å². The lowest BCUT2D eigenvalue weighted by Gasteiger charge is -2.07. The first-order chi connectivity index (χ1) is 10.4. The maximum atomic E-state index is 10.8. The van der Waals surface area contributed by atoms with Crippen molar-refractivity contribution in [2.24, 2.45) is 0 Å². The van der Waals surface area contributed by atoms with Crippen LogP contribution in [0.1, 0.15) is 0 Å². The molecule has 0 aromatic heterocycles. The number of nitro groups is 2. The first kappa shape index (κ1) is 15.9. The summed E-state index contributed by atoms with van der Waals surface area (Å²) in [6.45, 7) is 0. The fourth-order valence-electron chi connectivity index (χ4n) is 1.62. The van der Waals surface area contributed by atoms with E-state index in [0.29, 0.717) is 9.79 Å². The fraction of sp³-hybridized carbons (Fsp3) is 0. The summed E-state index contributed by atoms with van der Waals surface area (Å²) in [5, 5.41) is 21.7. The third-order valence-corrected chi connectivity index (χ3v) is 5.18. The number of hydrogen-bond acceptors (Lipinski definition) is 8. The highest BCUT2D eigenvalue weighted by Gasteiger charge is 2.18. The van der Waals surface area contributed by atoms with Crippen LogP contribution in [0.4, 0.5) is 22.7 Å². The highest BCUT2D eigenvalue weighted by Crippen LogP contribution is 2.45. The van der Waals surface area contributed by atoms with Gasteiger partial charge in [-0.05, 0) is 12.1 Å². The molecule has 0 bridgehead atoms. The maximum absolute atomic E-state index is 10.8. The third kappa shape index (κ3) is 3.23. The van der Waals surface area contributed by atoms with Gasteiger partial charge in [-0.15, -0.1) is 0 Å². The van der Waals surface area contributed by atoms with Gasteiger partial charge in [-0.3, -0.25) is 20.2 Å². The van der Waals surface area contributed by atoms with Crippen LogP contribution in [0.2, 0.25) is 0 Å². The van der Waals surface area contributed by atoms with E-state index in [1.54, 1.807) is 12.1 Å². The number of benzene rings is 2. The van der Waals surface area contributed by atoms with Gasteiger partial charge in [0, 0.05) is 21.9 Å². The van der Waals surface area contributed by atoms with Gasteiger partial charge in [0.15, 0.2) is 0 Å². The summed E-state index contributed by atoms with van der Waals surface area (Å²) in [5.74, 6) is 0. The van der Waals surface area contributed by atoms with Gasteiger partial charge in [0.25, 0.3) is 11.4 Å². The van der Waals surface area contributed by atoms with Crippen LogP contribution in [-0.2, 0) is 0 Å². The molecule has 0 amide bonds. The Bertz CT molecular complexity index is 690. The average molecular weight is 338 g/mol. The number of anilines is 2. The Hall–Kier alpha value is -2.46. The number of nitrogens with zero attached hydrogens (tertiary/aromatic N) is 2. The van der Waals surface area contributed by atoms with Crippen molar-refractivity contribution < 1.29 is 9.85 Å². The molecule has 0 fully saturated rings. The van der Waals surface area contributed by atoms with E-state index < -0.39 is 9.85 Å². The minimum absolute atomic E-state index is 0.0500. The van der Waals surface area contributed by atoms with Gasteiger partial charge in [-0.1, -0.05) is 33.7 Å². The van der Waals surface area contributed by atoms with Crippen molar-refractivity contribution in [2.75, 3.05) is 11.5 Å².